The van der Waals surface area contributed by atoms with E-state index in [4.69, 9.17) is 27.8 Å². The Morgan fingerprint density at radius 1 is 0.485 bits per heavy atom. The minimum absolute atomic E-state index is 0.206. The van der Waals surface area contributed by atoms with E-state index in [1.54, 1.807) is 85.1 Å². The molecule has 3 atom stereocenters. The van der Waals surface area contributed by atoms with Crippen molar-refractivity contribution in [2.24, 2.45) is 0 Å². The number of nitrogens with two attached hydrogens (primary N) is 1. The number of carbonyl (C=O) groups is 8. The summed E-state index contributed by atoms with van der Waals surface area (Å²) in [5, 5.41) is 14.8. The van der Waals surface area contributed by atoms with E-state index in [2.05, 4.69) is 26.6 Å². The van der Waals surface area contributed by atoms with Gasteiger partial charge in [-0.3, -0.25) is 54.3 Å². The molecule has 0 spiro atoms. The first-order valence-electron chi connectivity index (χ1n) is 21.4. The third-order valence-electron chi connectivity index (χ3n) is 11.7. The lowest BCUT2D eigenvalue weighted by atomic mass is 9.90. The molecule has 8 aromatic rings. The second-order valence-electron chi connectivity index (χ2n) is 16.1. The zero-order valence-corrected chi connectivity index (χ0v) is 35.8. The number of hydrogen-bond donors (Lipinski definition) is 6. The number of nitrogen functional groups attached to an aromatic ring is 1. The van der Waals surface area contributed by atoms with Crippen LogP contribution >= 0.6 is 0 Å². The van der Waals surface area contributed by atoms with E-state index < -0.39 is 11.8 Å². The van der Waals surface area contributed by atoms with Crippen LogP contribution < -0.4 is 32.3 Å². The largest absolute Gasteiger partial charge is 0.464 e. The van der Waals surface area contributed by atoms with E-state index in [0.29, 0.717) is 70.6 Å². The van der Waals surface area contributed by atoms with E-state index in [0.717, 1.165) is 21.7 Å². The molecule has 3 aliphatic heterocycles. The van der Waals surface area contributed by atoms with Gasteiger partial charge in [-0.15, -0.1) is 0 Å². The lowest BCUT2D eigenvalue weighted by molar-refractivity contribution is -0.135. The highest BCUT2D eigenvalue weighted by Gasteiger charge is 2.33. The Hall–Kier alpha value is -9.00. The van der Waals surface area contributed by atoms with Crippen LogP contribution in [0.4, 0.5) is 17.1 Å². The molecule has 8 amide bonds. The molecule has 19 nitrogen and oxygen atoms in total. The number of piperidine rings is 3. The summed E-state index contributed by atoms with van der Waals surface area (Å²) < 4.78 is 26.6. The van der Waals surface area contributed by atoms with E-state index in [-0.39, 0.29) is 77.5 Å². The molecule has 5 aromatic heterocycles. The van der Waals surface area contributed by atoms with Crippen LogP contribution in [0.2, 0.25) is 0 Å². The number of nitrogens with one attached hydrogen (secondary N) is 5. The van der Waals surface area contributed by atoms with Crippen LogP contribution in [-0.4, -0.2) is 47.3 Å². The third-order valence-corrected chi connectivity index (χ3v) is 11.7. The van der Waals surface area contributed by atoms with Crippen LogP contribution in [0.15, 0.2) is 132 Å². The summed E-state index contributed by atoms with van der Waals surface area (Å²) in [7, 11) is 0. The van der Waals surface area contributed by atoms with E-state index in [1.807, 2.05) is 0 Å². The SMILES string of the molecule is Nc1ccc2occ(C3CCC(=O)NC3=O)c2c1.O=C1CCC(c2coc3ccc(NC(=O)c4ccco4)cc23)C(=O)N1.O=C1CCC(c2coc3ccc(NC(=O)c4ccco4)cc23)C(=O)N1. The van der Waals surface area contributed by atoms with Gasteiger partial charge in [0.1, 0.15) is 16.7 Å². The third kappa shape index (κ3) is 9.39. The van der Waals surface area contributed by atoms with Gasteiger partial charge in [0.25, 0.3) is 11.8 Å². The number of rotatable bonds is 7. The van der Waals surface area contributed by atoms with Crippen LogP contribution in [0.25, 0.3) is 32.9 Å². The van der Waals surface area contributed by atoms with Gasteiger partial charge in [-0.25, -0.2) is 0 Å². The molecule has 7 N–H and O–H groups in total. The average Bonchev–Trinajstić information content (AvgIpc) is 4.18. The molecule has 3 unspecified atom stereocenters. The highest BCUT2D eigenvalue weighted by atomic mass is 16.3. The minimum Gasteiger partial charge on any atom is -0.464 e. The van der Waals surface area contributed by atoms with Crippen molar-refractivity contribution in [1.82, 2.24) is 16.0 Å². The maximum absolute atomic E-state index is 12.1. The van der Waals surface area contributed by atoms with E-state index >= 15 is 0 Å². The highest BCUT2D eigenvalue weighted by molar-refractivity contribution is 6.07. The Morgan fingerprint density at radius 2 is 0.853 bits per heavy atom. The first kappa shape index (κ1) is 44.2. The van der Waals surface area contributed by atoms with Crippen LogP contribution in [-0.2, 0) is 28.8 Å². The fraction of sp³-hybridized carbons (Fsp3) is 0.184. The lowest BCUT2D eigenvalue weighted by Crippen LogP contribution is -2.39. The zero-order valence-electron chi connectivity index (χ0n) is 35.8. The maximum Gasteiger partial charge on any atom is 0.291 e. The number of anilines is 3. The Kier molecular flexibility index (Phi) is 12.3. The van der Waals surface area contributed by atoms with E-state index in [1.165, 1.54) is 25.1 Å². The van der Waals surface area contributed by atoms with Gasteiger partial charge < -0.3 is 38.5 Å². The molecular weight excluding hydrogens is 881 g/mol. The highest BCUT2D eigenvalue weighted by Crippen LogP contribution is 2.36. The van der Waals surface area contributed by atoms with Gasteiger partial charge in [-0.1, -0.05) is 0 Å². The lowest BCUT2D eigenvalue weighted by Gasteiger charge is -2.19. The van der Waals surface area contributed by atoms with Crippen molar-refractivity contribution in [3.8, 4) is 0 Å². The smallest absolute Gasteiger partial charge is 0.291 e. The number of imide groups is 3. The van der Waals surface area contributed by atoms with Crippen LogP contribution in [0.1, 0.15) is 94.1 Å². The van der Waals surface area contributed by atoms with Crippen LogP contribution in [0, 0.1) is 0 Å². The predicted molar refractivity (Wildman–Crippen MR) is 242 cm³/mol. The fourth-order valence-corrected chi connectivity index (χ4v) is 8.30. The number of amides is 8. The van der Waals surface area contributed by atoms with Gasteiger partial charge in [0.05, 0.1) is 49.1 Å². The van der Waals surface area contributed by atoms with Crippen molar-refractivity contribution in [2.45, 2.75) is 56.3 Å². The maximum atomic E-state index is 12.1. The number of hydrogen-bond acceptors (Lipinski definition) is 14. The topological polar surface area (TPSA) is 288 Å². The molecule has 3 aliphatic rings. The number of carbonyl (C=O) groups excluding carboxylic acids is 8. The van der Waals surface area contributed by atoms with Gasteiger partial charge in [0.15, 0.2) is 11.5 Å². The molecular formula is C49H40N6O13. The van der Waals surface area contributed by atoms with E-state index in [9.17, 15) is 38.4 Å². The molecule has 8 heterocycles. The molecule has 3 fully saturated rings. The minimum atomic E-state index is -0.449. The first-order valence-corrected chi connectivity index (χ1v) is 21.4. The summed E-state index contributed by atoms with van der Waals surface area (Å²) in [6.45, 7) is 0. The quantitative estimate of drug-likeness (QED) is 0.0685. The number of fused-ring (bicyclic) bond motifs is 3. The second-order valence-corrected chi connectivity index (χ2v) is 16.1. The standard InChI is InChI=1S/2C18H14N2O5.C13H12N2O3/c2*21-16-6-4-11(17(22)20-16)13-9-25-14-5-3-10(8-12(13)14)19-18(23)15-2-1-7-24-15;14-7-1-3-11-9(5-7)10(6-18-11)8-2-4-12(16)15-13(8)17/h2*1-3,5,7-9,11H,4,6H2,(H,19,23)(H,20,21,22);1,3,5-6,8H,2,4,14H2,(H,15,16,17). The molecule has 3 saturated heterocycles. The van der Waals surface area contributed by atoms with Gasteiger partial charge >= 0.3 is 0 Å². The summed E-state index contributed by atoms with van der Waals surface area (Å²) in [6.07, 6.45) is 9.79. The molecule has 68 heavy (non-hydrogen) atoms. The molecule has 0 radical (unpaired) electrons. The molecule has 0 aliphatic carbocycles. The average molecular weight is 921 g/mol. The Bertz CT molecular complexity index is 3110. The summed E-state index contributed by atoms with van der Waals surface area (Å²) in [4.78, 5) is 94.0. The summed E-state index contributed by atoms with van der Waals surface area (Å²) in [5.74, 6) is -3.23. The van der Waals surface area contributed by atoms with Crippen LogP contribution in [0.3, 0.4) is 0 Å². The normalized spacial score (nSPS) is 18.2. The zero-order chi connectivity index (χ0) is 47.5. The van der Waals surface area contributed by atoms with Crippen LogP contribution in [0.5, 0.6) is 0 Å². The fourth-order valence-electron chi connectivity index (χ4n) is 8.30. The van der Waals surface area contributed by atoms with Crippen molar-refractivity contribution in [1.29, 1.82) is 0 Å². The van der Waals surface area contributed by atoms with Gasteiger partial charge in [0, 0.05) is 69.2 Å². The van der Waals surface area contributed by atoms with Gasteiger partial charge in [-0.05, 0) is 98.1 Å². The van der Waals surface area contributed by atoms with Gasteiger partial charge in [0.2, 0.25) is 35.4 Å². The molecule has 0 saturated carbocycles. The molecule has 11 rings (SSSR count). The Morgan fingerprint density at radius 3 is 1.21 bits per heavy atom. The summed E-state index contributed by atoms with van der Waals surface area (Å²) in [6, 6.07) is 22.1. The molecule has 344 valence electrons. The van der Waals surface area contributed by atoms with Crippen molar-refractivity contribution in [3.05, 3.63) is 138 Å². The Labute approximate surface area is 383 Å². The Balaban J connectivity index is 0.000000129. The van der Waals surface area contributed by atoms with Gasteiger partial charge in [-0.2, -0.15) is 0 Å². The summed E-state index contributed by atoms with van der Waals surface area (Å²) >= 11 is 0. The molecule has 19 heteroatoms. The number of furan rings is 5. The molecule has 0 bridgehead atoms. The summed E-state index contributed by atoms with van der Waals surface area (Å²) in [5.41, 5.74) is 11.6. The second kappa shape index (κ2) is 18.8. The first-order chi connectivity index (χ1) is 32.9. The molecule has 3 aromatic carbocycles. The van der Waals surface area contributed by atoms with Crippen molar-refractivity contribution in [3.63, 3.8) is 0 Å². The predicted octanol–water partition coefficient (Wildman–Crippen LogP) is 7.13. The monoisotopic (exact) mass is 920 g/mol. The number of benzene rings is 3. The van der Waals surface area contributed by atoms with Crippen molar-refractivity contribution >= 4 is 97.2 Å². The van der Waals surface area contributed by atoms with Crippen molar-refractivity contribution < 1.29 is 60.4 Å². The van der Waals surface area contributed by atoms with Crippen molar-refractivity contribution in [2.75, 3.05) is 16.4 Å².